The van der Waals surface area contributed by atoms with Crippen molar-refractivity contribution in [1.29, 1.82) is 0 Å². The lowest BCUT2D eigenvalue weighted by molar-refractivity contribution is 0.0951. The van der Waals surface area contributed by atoms with E-state index in [4.69, 9.17) is 4.74 Å². The van der Waals surface area contributed by atoms with Gasteiger partial charge in [0.15, 0.2) is 11.6 Å². The normalized spacial score (nSPS) is 21.5. The van der Waals surface area contributed by atoms with Crippen LogP contribution in [-0.4, -0.2) is 44.1 Å². The van der Waals surface area contributed by atoms with Crippen LogP contribution in [0.15, 0.2) is 18.2 Å². The van der Waals surface area contributed by atoms with Crippen LogP contribution >= 0.6 is 0 Å². The molecule has 1 aromatic rings. The molecule has 24 heavy (non-hydrogen) atoms. The predicted molar refractivity (Wildman–Crippen MR) is 93.9 cm³/mol. The number of rotatable bonds is 7. The standard InChI is InChI=1S/C19H29FN2O2/c1-14-10-15(2)13-22(12-14)9-5-4-8-21-19(23)16-6-7-18(24-3)17(20)11-16/h6-7,11,14-15H,4-5,8-10,12-13H2,1-3H3,(H,21,23). The van der Waals surface area contributed by atoms with Gasteiger partial charge in [-0.15, -0.1) is 0 Å². The minimum atomic E-state index is -0.515. The molecular formula is C19H29FN2O2. The Labute approximate surface area is 144 Å². The van der Waals surface area contributed by atoms with Gasteiger partial charge in [-0.25, -0.2) is 4.39 Å². The lowest BCUT2D eigenvalue weighted by Crippen LogP contribution is -2.39. The number of nitrogens with zero attached hydrogens (tertiary/aromatic N) is 1. The maximum absolute atomic E-state index is 13.6. The first-order valence-electron chi connectivity index (χ1n) is 8.83. The van der Waals surface area contributed by atoms with E-state index in [0.717, 1.165) is 31.2 Å². The lowest BCUT2D eigenvalue weighted by atomic mass is 9.92. The van der Waals surface area contributed by atoms with Crippen LogP contribution in [-0.2, 0) is 0 Å². The predicted octanol–water partition coefficient (Wildman–Crippen LogP) is 3.32. The smallest absolute Gasteiger partial charge is 0.251 e. The molecule has 0 aromatic heterocycles. The number of likely N-dealkylation sites (tertiary alicyclic amines) is 1. The summed E-state index contributed by atoms with van der Waals surface area (Å²) in [5, 5.41) is 2.85. The van der Waals surface area contributed by atoms with Gasteiger partial charge in [0.1, 0.15) is 0 Å². The summed E-state index contributed by atoms with van der Waals surface area (Å²) in [6.07, 6.45) is 3.32. The third kappa shape index (κ3) is 5.48. The zero-order chi connectivity index (χ0) is 17.5. The van der Waals surface area contributed by atoms with Crippen molar-refractivity contribution < 1.29 is 13.9 Å². The summed E-state index contributed by atoms with van der Waals surface area (Å²) in [4.78, 5) is 14.5. The van der Waals surface area contributed by atoms with Crippen LogP contribution in [0, 0.1) is 17.7 Å². The molecule has 1 fully saturated rings. The summed E-state index contributed by atoms with van der Waals surface area (Å²) in [7, 11) is 1.40. The summed E-state index contributed by atoms with van der Waals surface area (Å²) < 4.78 is 18.5. The molecule has 0 radical (unpaired) electrons. The van der Waals surface area contributed by atoms with Crippen molar-refractivity contribution in [1.82, 2.24) is 10.2 Å². The highest BCUT2D eigenvalue weighted by Crippen LogP contribution is 2.21. The number of benzene rings is 1. The van der Waals surface area contributed by atoms with E-state index in [0.29, 0.717) is 12.1 Å². The molecule has 1 N–H and O–H groups in total. The number of methoxy groups -OCH3 is 1. The van der Waals surface area contributed by atoms with Gasteiger partial charge in [0.2, 0.25) is 0 Å². The van der Waals surface area contributed by atoms with Crippen molar-refractivity contribution in [3.63, 3.8) is 0 Å². The van der Waals surface area contributed by atoms with Gasteiger partial charge in [0, 0.05) is 25.2 Å². The van der Waals surface area contributed by atoms with E-state index in [1.54, 1.807) is 6.07 Å². The van der Waals surface area contributed by atoms with Crippen LogP contribution in [0.1, 0.15) is 43.5 Å². The number of hydrogen-bond donors (Lipinski definition) is 1. The van der Waals surface area contributed by atoms with Gasteiger partial charge >= 0.3 is 0 Å². The molecule has 2 rings (SSSR count). The Morgan fingerprint density at radius 1 is 1.29 bits per heavy atom. The molecule has 1 aliphatic rings. The number of piperidine rings is 1. The second kappa shape index (κ2) is 9.02. The van der Waals surface area contributed by atoms with Gasteiger partial charge in [-0.1, -0.05) is 13.8 Å². The first-order valence-corrected chi connectivity index (χ1v) is 8.83. The van der Waals surface area contributed by atoms with Crippen LogP contribution in [0.25, 0.3) is 0 Å². The summed E-state index contributed by atoms with van der Waals surface area (Å²) >= 11 is 0. The van der Waals surface area contributed by atoms with Crippen LogP contribution < -0.4 is 10.1 Å². The average molecular weight is 336 g/mol. The second-order valence-electron chi connectivity index (χ2n) is 7.02. The summed E-state index contributed by atoms with van der Waals surface area (Å²) in [6, 6.07) is 4.27. The zero-order valence-corrected chi connectivity index (χ0v) is 15.0. The van der Waals surface area contributed by atoms with Gasteiger partial charge in [-0.2, -0.15) is 0 Å². The maximum atomic E-state index is 13.6. The van der Waals surface area contributed by atoms with Crippen LogP contribution in [0.4, 0.5) is 4.39 Å². The number of amides is 1. The van der Waals surface area contributed by atoms with E-state index in [1.807, 2.05) is 0 Å². The number of halogens is 1. The fraction of sp³-hybridized carbons (Fsp3) is 0.632. The number of unbranched alkanes of at least 4 members (excludes halogenated alkanes) is 1. The SMILES string of the molecule is COc1ccc(C(=O)NCCCCN2CC(C)CC(C)C2)cc1F. The average Bonchev–Trinajstić information content (AvgIpc) is 2.53. The van der Waals surface area contributed by atoms with Crippen molar-refractivity contribution in [2.75, 3.05) is 33.3 Å². The van der Waals surface area contributed by atoms with Gasteiger partial charge in [-0.3, -0.25) is 4.79 Å². The van der Waals surface area contributed by atoms with Crippen LogP contribution in [0.2, 0.25) is 0 Å². The quantitative estimate of drug-likeness (QED) is 0.777. The molecule has 134 valence electrons. The molecule has 0 bridgehead atoms. The molecule has 0 spiro atoms. The third-order valence-electron chi connectivity index (χ3n) is 4.55. The Bertz CT molecular complexity index is 540. The zero-order valence-electron chi connectivity index (χ0n) is 15.0. The van der Waals surface area contributed by atoms with Crippen LogP contribution in [0.5, 0.6) is 5.75 Å². The Kier molecular flexibility index (Phi) is 7.03. The van der Waals surface area contributed by atoms with Crippen molar-refractivity contribution in [2.24, 2.45) is 11.8 Å². The Hall–Kier alpha value is -1.62. The highest BCUT2D eigenvalue weighted by molar-refractivity contribution is 5.94. The first-order chi connectivity index (χ1) is 11.5. The highest BCUT2D eigenvalue weighted by Gasteiger charge is 2.20. The second-order valence-corrected chi connectivity index (χ2v) is 7.02. The van der Waals surface area contributed by atoms with E-state index in [-0.39, 0.29) is 11.7 Å². The Balaban J connectivity index is 1.67. The van der Waals surface area contributed by atoms with Gasteiger partial charge < -0.3 is 15.0 Å². The Morgan fingerprint density at radius 3 is 2.62 bits per heavy atom. The third-order valence-corrected chi connectivity index (χ3v) is 4.55. The molecule has 1 aliphatic heterocycles. The topological polar surface area (TPSA) is 41.6 Å². The van der Waals surface area contributed by atoms with Gasteiger partial charge in [-0.05, 0) is 55.8 Å². The minimum Gasteiger partial charge on any atom is -0.494 e. The number of nitrogens with one attached hydrogen (secondary N) is 1. The molecule has 2 atom stereocenters. The number of hydrogen-bond acceptors (Lipinski definition) is 3. The van der Waals surface area contributed by atoms with E-state index >= 15 is 0 Å². The summed E-state index contributed by atoms with van der Waals surface area (Å²) in [6.45, 7) is 8.70. The molecule has 1 aromatic carbocycles. The molecule has 1 heterocycles. The maximum Gasteiger partial charge on any atom is 0.251 e. The molecule has 5 heteroatoms. The number of ether oxygens (including phenoxy) is 1. The monoisotopic (exact) mass is 336 g/mol. The largest absolute Gasteiger partial charge is 0.494 e. The van der Waals surface area contributed by atoms with E-state index in [9.17, 15) is 9.18 Å². The molecule has 0 saturated carbocycles. The molecule has 1 amide bonds. The molecule has 1 saturated heterocycles. The fourth-order valence-corrected chi connectivity index (χ4v) is 3.55. The summed E-state index contributed by atoms with van der Waals surface area (Å²) in [5.41, 5.74) is 0.326. The number of carbonyl (C=O) groups is 1. The van der Waals surface area contributed by atoms with E-state index in [2.05, 4.69) is 24.1 Å². The van der Waals surface area contributed by atoms with Crippen molar-refractivity contribution in [3.8, 4) is 5.75 Å². The van der Waals surface area contributed by atoms with Crippen molar-refractivity contribution in [3.05, 3.63) is 29.6 Å². The Morgan fingerprint density at radius 2 is 2.00 bits per heavy atom. The van der Waals surface area contributed by atoms with E-state index < -0.39 is 5.82 Å². The first kappa shape index (κ1) is 18.7. The molecule has 2 unspecified atom stereocenters. The number of carbonyl (C=O) groups excluding carboxylic acids is 1. The highest BCUT2D eigenvalue weighted by atomic mass is 19.1. The molecule has 4 nitrogen and oxygen atoms in total. The summed E-state index contributed by atoms with van der Waals surface area (Å²) in [5.74, 6) is 0.948. The minimum absolute atomic E-state index is 0.150. The molecule has 0 aliphatic carbocycles. The van der Waals surface area contributed by atoms with Crippen molar-refractivity contribution >= 4 is 5.91 Å². The van der Waals surface area contributed by atoms with E-state index in [1.165, 1.54) is 38.8 Å². The lowest BCUT2D eigenvalue weighted by Gasteiger charge is -2.34. The van der Waals surface area contributed by atoms with Gasteiger partial charge in [0.05, 0.1) is 7.11 Å². The van der Waals surface area contributed by atoms with Gasteiger partial charge in [0.25, 0.3) is 5.91 Å². The fourth-order valence-electron chi connectivity index (χ4n) is 3.55. The molecular weight excluding hydrogens is 307 g/mol. The van der Waals surface area contributed by atoms with Crippen LogP contribution in [0.3, 0.4) is 0 Å². The van der Waals surface area contributed by atoms with Crippen molar-refractivity contribution in [2.45, 2.75) is 33.1 Å².